The highest BCUT2D eigenvalue weighted by Gasteiger charge is 2.10. The number of carbonyl (C=O) groups excluding carboxylic acids is 1. The van der Waals surface area contributed by atoms with Gasteiger partial charge in [0.15, 0.2) is 5.11 Å². The average molecular weight is 316 g/mol. The molecule has 0 fully saturated rings. The van der Waals surface area contributed by atoms with Gasteiger partial charge in [-0.15, -0.1) is 0 Å². The smallest absolute Gasteiger partial charge is 0.337 e. The molecule has 3 N–H and O–H groups in total. The van der Waals surface area contributed by atoms with Crippen molar-refractivity contribution in [1.82, 2.24) is 5.32 Å². The van der Waals surface area contributed by atoms with E-state index in [2.05, 4.69) is 10.6 Å². The quantitative estimate of drug-likeness (QED) is 0.593. The molecular formula is C15H12N2O4S. The van der Waals surface area contributed by atoms with E-state index in [9.17, 15) is 9.59 Å². The van der Waals surface area contributed by atoms with Crippen LogP contribution in [0.2, 0.25) is 0 Å². The van der Waals surface area contributed by atoms with Crippen LogP contribution in [0.3, 0.4) is 0 Å². The van der Waals surface area contributed by atoms with Crippen molar-refractivity contribution in [3.8, 4) is 0 Å². The number of para-hydroxylation sites is 1. The van der Waals surface area contributed by atoms with E-state index in [0.717, 1.165) is 0 Å². The zero-order chi connectivity index (χ0) is 15.9. The lowest BCUT2D eigenvalue weighted by Gasteiger charge is -2.10. The van der Waals surface area contributed by atoms with Crippen molar-refractivity contribution >= 4 is 41.0 Å². The maximum absolute atomic E-state index is 11.7. The molecule has 6 nitrogen and oxygen atoms in total. The lowest BCUT2D eigenvalue weighted by molar-refractivity contribution is -0.115. The molecule has 7 heteroatoms. The normalized spacial score (nSPS) is 10.4. The summed E-state index contributed by atoms with van der Waals surface area (Å²) < 4.78 is 5.05. The molecule has 0 bridgehead atoms. The second-order valence-electron chi connectivity index (χ2n) is 4.14. The molecule has 0 aliphatic rings. The van der Waals surface area contributed by atoms with E-state index in [1.165, 1.54) is 24.5 Å². The zero-order valence-electron chi connectivity index (χ0n) is 11.3. The summed E-state index contributed by atoms with van der Waals surface area (Å²) in [5.41, 5.74) is 0.362. The van der Waals surface area contributed by atoms with Gasteiger partial charge in [0, 0.05) is 6.08 Å². The van der Waals surface area contributed by atoms with Crippen molar-refractivity contribution in [2.75, 3.05) is 5.32 Å². The number of aromatic carboxylic acids is 1. The maximum Gasteiger partial charge on any atom is 0.337 e. The van der Waals surface area contributed by atoms with Crippen LogP contribution in [-0.4, -0.2) is 22.1 Å². The Morgan fingerprint density at radius 3 is 2.64 bits per heavy atom. The lowest BCUT2D eigenvalue weighted by atomic mass is 10.2. The van der Waals surface area contributed by atoms with Crippen molar-refractivity contribution in [2.45, 2.75) is 0 Å². The largest absolute Gasteiger partial charge is 0.478 e. The summed E-state index contributed by atoms with van der Waals surface area (Å²) in [6.07, 6.45) is 4.24. The van der Waals surface area contributed by atoms with Gasteiger partial charge in [-0.3, -0.25) is 10.1 Å². The van der Waals surface area contributed by atoms with Gasteiger partial charge < -0.3 is 14.8 Å². The third-order valence-electron chi connectivity index (χ3n) is 2.58. The van der Waals surface area contributed by atoms with Crippen molar-refractivity contribution in [3.05, 3.63) is 60.1 Å². The van der Waals surface area contributed by atoms with Crippen molar-refractivity contribution in [1.29, 1.82) is 0 Å². The number of thiocarbonyl (C=S) groups is 1. The molecule has 0 spiro atoms. The monoisotopic (exact) mass is 316 g/mol. The molecule has 112 valence electrons. The Kier molecular flexibility index (Phi) is 5.05. The van der Waals surface area contributed by atoms with Gasteiger partial charge in [-0.25, -0.2) is 4.79 Å². The fourth-order valence-corrected chi connectivity index (χ4v) is 1.84. The number of anilines is 1. The van der Waals surface area contributed by atoms with E-state index in [4.69, 9.17) is 21.7 Å². The maximum atomic E-state index is 11.7. The van der Waals surface area contributed by atoms with Gasteiger partial charge >= 0.3 is 5.97 Å². The molecule has 2 aromatic rings. The van der Waals surface area contributed by atoms with Gasteiger partial charge in [-0.2, -0.15) is 0 Å². The number of rotatable bonds is 4. The van der Waals surface area contributed by atoms with Gasteiger partial charge in [-0.05, 0) is 42.6 Å². The molecule has 0 atom stereocenters. The second-order valence-corrected chi connectivity index (χ2v) is 4.55. The molecule has 0 radical (unpaired) electrons. The Balaban J connectivity index is 1.96. The van der Waals surface area contributed by atoms with Gasteiger partial charge in [0.1, 0.15) is 5.76 Å². The molecular weight excluding hydrogens is 304 g/mol. The fraction of sp³-hybridized carbons (Fsp3) is 0. The van der Waals surface area contributed by atoms with Crippen LogP contribution < -0.4 is 10.6 Å². The molecule has 0 saturated carbocycles. The number of nitrogens with one attached hydrogen (secondary N) is 2. The minimum atomic E-state index is -1.09. The molecule has 1 aromatic heterocycles. The van der Waals surface area contributed by atoms with E-state index in [0.29, 0.717) is 11.4 Å². The van der Waals surface area contributed by atoms with Crippen LogP contribution in [0.25, 0.3) is 6.08 Å². The number of furan rings is 1. The third kappa shape index (κ3) is 4.29. The summed E-state index contributed by atoms with van der Waals surface area (Å²) in [6, 6.07) is 9.65. The highest BCUT2D eigenvalue weighted by atomic mass is 32.1. The Morgan fingerprint density at radius 2 is 1.95 bits per heavy atom. The molecule has 22 heavy (non-hydrogen) atoms. The summed E-state index contributed by atoms with van der Waals surface area (Å²) in [5, 5.41) is 14.2. The summed E-state index contributed by atoms with van der Waals surface area (Å²) >= 11 is 4.98. The lowest BCUT2D eigenvalue weighted by Crippen LogP contribution is -2.33. The first kappa shape index (κ1) is 15.5. The van der Waals surface area contributed by atoms with Gasteiger partial charge in [0.2, 0.25) is 5.91 Å². The first-order chi connectivity index (χ1) is 10.6. The number of carboxylic acids is 1. The van der Waals surface area contributed by atoms with Crippen LogP contribution in [0.4, 0.5) is 5.69 Å². The van der Waals surface area contributed by atoms with Crippen LogP contribution in [-0.2, 0) is 4.79 Å². The highest BCUT2D eigenvalue weighted by Crippen LogP contribution is 2.14. The third-order valence-corrected chi connectivity index (χ3v) is 2.79. The van der Waals surface area contributed by atoms with Crippen LogP contribution in [0, 0.1) is 0 Å². The van der Waals surface area contributed by atoms with E-state index >= 15 is 0 Å². The SMILES string of the molecule is O=C(C=Cc1ccco1)NC(=S)Nc1ccccc1C(=O)O. The van der Waals surface area contributed by atoms with E-state index < -0.39 is 11.9 Å². The number of amides is 1. The standard InChI is InChI=1S/C15H12N2O4S/c18-13(8-7-10-4-3-9-21-10)17-15(22)16-12-6-2-1-5-11(12)14(19)20/h1-9H,(H,19,20)(H2,16,17,18,22). The molecule has 0 saturated heterocycles. The summed E-state index contributed by atoms with van der Waals surface area (Å²) in [6.45, 7) is 0. The first-order valence-electron chi connectivity index (χ1n) is 6.22. The van der Waals surface area contributed by atoms with E-state index in [-0.39, 0.29) is 10.7 Å². The second kappa shape index (κ2) is 7.19. The molecule has 2 rings (SSSR count). The van der Waals surface area contributed by atoms with Crippen molar-refractivity contribution in [3.63, 3.8) is 0 Å². The predicted octanol–water partition coefficient (Wildman–Crippen LogP) is 2.50. The van der Waals surface area contributed by atoms with Crippen molar-refractivity contribution in [2.24, 2.45) is 0 Å². The minimum Gasteiger partial charge on any atom is -0.478 e. The Labute approximate surface area is 131 Å². The number of carboxylic acid groups (broad SMARTS) is 1. The number of hydrogen-bond acceptors (Lipinski definition) is 4. The zero-order valence-corrected chi connectivity index (χ0v) is 12.1. The molecule has 1 aromatic carbocycles. The molecule has 0 unspecified atom stereocenters. The Bertz CT molecular complexity index is 723. The molecule has 1 amide bonds. The Morgan fingerprint density at radius 1 is 1.18 bits per heavy atom. The van der Waals surface area contributed by atoms with Crippen LogP contribution in [0.15, 0.2) is 53.2 Å². The van der Waals surface area contributed by atoms with Gasteiger partial charge in [0.25, 0.3) is 0 Å². The van der Waals surface area contributed by atoms with Crippen molar-refractivity contribution < 1.29 is 19.1 Å². The molecule has 1 heterocycles. The summed E-state index contributed by atoms with van der Waals surface area (Å²) in [4.78, 5) is 22.7. The highest BCUT2D eigenvalue weighted by molar-refractivity contribution is 7.80. The van der Waals surface area contributed by atoms with Crippen LogP contribution in [0.5, 0.6) is 0 Å². The first-order valence-corrected chi connectivity index (χ1v) is 6.63. The predicted molar refractivity (Wildman–Crippen MR) is 85.5 cm³/mol. The summed E-state index contributed by atoms with van der Waals surface area (Å²) in [7, 11) is 0. The van der Waals surface area contributed by atoms with Crippen LogP contribution >= 0.6 is 12.2 Å². The summed E-state index contributed by atoms with van der Waals surface area (Å²) in [5.74, 6) is -1.01. The number of hydrogen-bond donors (Lipinski definition) is 3. The van der Waals surface area contributed by atoms with Gasteiger partial charge in [-0.1, -0.05) is 12.1 Å². The fourth-order valence-electron chi connectivity index (χ4n) is 1.63. The number of benzene rings is 1. The van der Waals surface area contributed by atoms with E-state index in [1.807, 2.05) is 0 Å². The molecule has 0 aliphatic carbocycles. The minimum absolute atomic E-state index is 0.00259. The average Bonchev–Trinajstić information content (AvgIpc) is 2.98. The molecule has 0 aliphatic heterocycles. The topological polar surface area (TPSA) is 91.6 Å². The number of carbonyl (C=O) groups is 2. The Hall–Kier alpha value is -2.93. The van der Waals surface area contributed by atoms with Gasteiger partial charge in [0.05, 0.1) is 17.5 Å². The van der Waals surface area contributed by atoms with Crippen LogP contribution in [0.1, 0.15) is 16.1 Å². The van der Waals surface area contributed by atoms with E-state index in [1.54, 1.807) is 30.3 Å².